The first-order valence-electron chi connectivity index (χ1n) is 7.03. The van der Waals surface area contributed by atoms with Gasteiger partial charge in [0, 0.05) is 18.2 Å². The Bertz CT molecular complexity index is 508. The number of hydrogen-bond acceptors (Lipinski definition) is 4. The lowest BCUT2D eigenvalue weighted by atomic mass is 10.0. The van der Waals surface area contributed by atoms with Crippen molar-refractivity contribution in [3.63, 3.8) is 0 Å². The van der Waals surface area contributed by atoms with Crippen molar-refractivity contribution < 1.29 is 13.2 Å². The molecule has 0 radical (unpaired) electrons. The van der Waals surface area contributed by atoms with Crippen LogP contribution < -0.4 is 14.8 Å². The van der Waals surface area contributed by atoms with Gasteiger partial charge < -0.3 is 10.1 Å². The van der Waals surface area contributed by atoms with Crippen molar-refractivity contribution in [1.82, 2.24) is 5.32 Å². The van der Waals surface area contributed by atoms with E-state index in [0.717, 1.165) is 18.8 Å². The predicted octanol–water partition coefficient (Wildman–Crippen LogP) is 1.83. The molecular weight excluding hydrogens is 276 g/mol. The molecule has 1 aromatic carbocycles. The van der Waals surface area contributed by atoms with E-state index in [4.69, 9.17) is 4.74 Å². The van der Waals surface area contributed by atoms with Gasteiger partial charge in [-0.1, -0.05) is 0 Å². The fourth-order valence-electron chi connectivity index (χ4n) is 2.15. The topological polar surface area (TPSA) is 67.4 Å². The van der Waals surface area contributed by atoms with Gasteiger partial charge in [-0.25, -0.2) is 8.42 Å². The summed E-state index contributed by atoms with van der Waals surface area (Å²) in [6, 6.07) is 7.04. The Kier molecular flexibility index (Phi) is 5.25. The first kappa shape index (κ1) is 15.1. The van der Waals surface area contributed by atoms with E-state index in [1.54, 1.807) is 31.2 Å². The van der Waals surface area contributed by atoms with Crippen LogP contribution >= 0.6 is 0 Å². The monoisotopic (exact) mass is 298 g/mol. The zero-order chi connectivity index (χ0) is 14.4. The first-order chi connectivity index (χ1) is 9.59. The molecule has 0 amide bonds. The van der Waals surface area contributed by atoms with Crippen LogP contribution in [0.3, 0.4) is 0 Å². The van der Waals surface area contributed by atoms with Crippen LogP contribution in [-0.2, 0) is 10.0 Å². The van der Waals surface area contributed by atoms with E-state index in [2.05, 4.69) is 10.0 Å². The third-order valence-corrected chi connectivity index (χ3v) is 4.70. The van der Waals surface area contributed by atoms with Crippen LogP contribution in [0.2, 0.25) is 0 Å². The second-order valence-electron chi connectivity index (χ2n) is 5.05. The molecule has 0 saturated carbocycles. The largest absolute Gasteiger partial charge is 0.493 e. The van der Waals surface area contributed by atoms with Crippen molar-refractivity contribution in [2.45, 2.75) is 19.8 Å². The molecule has 112 valence electrons. The van der Waals surface area contributed by atoms with Gasteiger partial charge in [0.25, 0.3) is 0 Å². The summed E-state index contributed by atoms with van der Waals surface area (Å²) in [4.78, 5) is 0. The average Bonchev–Trinajstić information content (AvgIpc) is 2.47. The van der Waals surface area contributed by atoms with Crippen LogP contribution in [0.1, 0.15) is 19.8 Å². The maximum atomic E-state index is 11.4. The number of piperidine rings is 1. The summed E-state index contributed by atoms with van der Waals surface area (Å²) in [6.07, 6.45) is 2.40. The van der Waals surface area contributed by atoms with Gasteiger partial charge in [-0.15, -0.1) is 0 Å². The van der Waals surface area contributed by atoms with Crippen molar-refractivity contribution in [3.8, 4) is 5.75 Å². The molecule has 1 fully saturated rings. The van der Waals surface area contributed by atoms with Gasteiger partial charge in [0.2, 0.25) is 10.0 Å². The number of nitrogens with one attached hydrogen (secondary N) is 2. The molecule has 1 aliphatic heterocycles. The predicted molar refractivity (Wildman–Crippen MR) is 80.6 cm³/mol. The van der Waals surface area contributed by atoms with Crippen LogP contribution in [0.4, 0.5) is 5.69 Å². The van der Waals surface area contributed by atoms with E-state index in [1.165, 1.54) is 12.8 Å². The summed E-state index contributed by atoms with van der Waals surface area (Å²) < 4.78 is 31.1. The minimum Gasteiger partial charge on any atom is -0.493 e. The molecule has 1 heterocycles. The Morgan fingerprint density at radius 2 is 2.10 bits per heavy atom. The van der Waals surface area contributed by atoms with Gasteiger partial charge >= 0.3 is 0 Å². The highest BCUT2D eigenvalue weighted by atomic mass is 32.2. The van der Waals surface area contributed by atoms with E-state index in [9.17, 15) is 8.42 Å². The summed E-state index contributed by atoms with van der Waals surface area (Å²) in [5.74, 6) is 1.40. The van der Waals surface area contributed by atoms with Gasteiger partial charge in [-0.3, -0.25) is 4.72 Å². The van der Waals surface area contributed by atoms with E-state index in [0.29, 0.717) is 18.2 Å². The molecule has 2 N–H and O–H groups in total. The van der Waals surface area contributed by atoms with Gasteiger partial charge in [0.1, 0.15) is 5.75 Å². The Balaban J connectivity index is 1.85. The summed E-state index contributed by atoms with van der Waals surface area (Å²) in [7, 11) is -3.21. The molecule has 0 bridgehead atoms. The zero-order valence-electron chi connectivity index (χ0n) is 11.8. The van der Waals surface area contributed by atoms with E-state index >= 15 is 0 Å². The molecule has 5 nitrogen and oxygen atoms in total. The van der Waals surface area contributed by atoms with Crippen molar-refractivity contribution >= 4 is 15.7 Å². The van der Waals surface area contributed by atoms with Crippen LogP contribution in [0.15, 0.2) is 24.3 Å². The standard InChI is InChI=1S/C14H22N2O3S/c1-2-20(17,18)16-13-5-7-14(8-6-13)19-11-12-4-3-9-15-10-12/h5-8,12,15-16H,2-4,9-11H2,1H3. The molecule has 1 aliphatic rings. The number of sulfonamides is 1. The highest BCUT2D eigenvalue weighted by molar-refractivity contribution is 7.92. The summed E-state index contributed by atoms with van der Waals surface area (Å²) in [6.45, 7) is 4.42. The Hall–Kier alpha value is -1.27. The van der Waals surface area contributed by atoms with Gasteiger partial charge in [0.15, 0.2) is 0 Å². The van der Waals surface area contributed by atoms with E-state index in [-0.39, 0.29) is 5.75 Å². The zero-order valence-corrected chi connectivity index (χ0v) is 12.6. The fourth-order valence-corrected chi connectivity index (χ4v) is 2.79. The molecule has 0 aromatic heterocycles. The molecule has 1 atom stereocenters. The molecule has 20 heavy (non-hydrogen) atoms. The number of rotatable bonds is 6. The number of hydrogen-bond donors (Lipinski definition) is 2. The van der Waals surface area contributed by atoms with Crippen molar-refractivity contribution in [3.05, 3.63) is 24.3 Å². The average molecular weight is 298 g/mol. The second-order valence-corrected chi connectivity index (χ2v) is 7.06. The lowest BCUT2D eigenvalue weighted by Crippen LogP contribution is -2.33. The SMILES string of the molecule is CCS(=O)(=O)Nc1ccc(OCC2CCCNC2)cc1. The highest BCUT2D eigenvalue weighted by Crippen LogP contribution is 2.18. The maximum absolute atomic E-state index is 11.4. The Morgan fingerprint density at radius 1 is 1.35 bits per heavy atom. The van der Waals surface area contributed by atoms with E-state index in [1.807, 2.05) is 0 Å². The number of benzene rings is 1. The molecular formula is C14H22N2O3S. The third-order valence-electron chi connectivity index (χ3n) is 3.39. The molecule has 0 spiro atoms. The fraction of sp³-hybridized carbons (Fsp3) is 0.571. The van der Waals surface area contributed by atoms with Crippen LogP contribution in [0.25, 0.3) is 0 Å². The lowest BCUT2D eigenvalue weighted by molar-refractivity contribution is 0.218. The number of ether oxygens (including phenoxy) is 1. The van der Waals surface area contributed by atoms with Crippen molar-refractivity contribution in [2.75, 3.05) is 30.2 Å². The van der Waals surface area contributed by atoms with Gasteiger partial charge in [-0.05, 0) is 50.6 Å². The van der Waals surface area contributed by atoms with Crippen LogP contribution in [0, 0.1) is 5.92 Å². The smallest absolute Gasteiger partial charge is 0.232 e. The summed E-state index contributed by atoms with van der Waals surface area (Å²) >= 11 is 0. The molecule has 1 aromatic rings. The Labute approximate surface area is 120 Å². The molecule has 1 saturated heterocycles. The normalized spacial score (nSPS) is 19.6. The van der Waals surface area contributed by atoms with Gasteiger partial charge in [-0.2, -0.15) is 0 Å². The Morgan fingerprint density at radius 3 is 2.70 bits per heavy atom. The number of anilines is 1. The van der Waals surface area contributed by atoms with Crippen LogP contribution in [0.5, 0.6) is 5.75 Å². The first-order valence-corrected chi connectivity index (χ1v) is 8.68. The second kappa shape index (κ2) is 6.95. The highest BCUT2D eigenvalue weighted by Gasteiger charge is 2.13. The minimum atomic E-state index is -3.21. The maximum Gasteiger partial charge on any atom is 0.232 e. The lowest BCUT2D eigenvalue weighted by Gasteiger charge is -2.22. The minimum absolute atomic E-state index is 0.0694. The van der Waals surface area contributed by atoms with Crippen LogP contribution in [-0.4, -0.2) is 33.9 Å². The van der Waals surface area contributed by atoms with Crippen molar-refractivity contribution in [1.29, 1.82) is 0 Å². The summed E-state index contributed by atoms with van der Waals surface area (Å²) in [5, 5.41) is 3.36. The summed E-state index contributed by atoms with van der Waals surface area (Å²) in [5.41, 5.74) is 0.568. The molecule has 0 aliphatic carbocycles. The third kappa shape index (κ3) is 4.68. The quantitative estimate of drug-likeness (QED) is 0.841. The van der Waals surface area contributed by atoms with Gasteiger partial charge in [0.05, 0.1) is 12.4 Å². The molecule has 2 rings (SSSR count). The van der Waals surface area contributed by atoms with Crippen molar-refractivity contribution in [2.24, 2.45) is 5.92 Å². The molecule has 1 unspecified atom stereocenters. The molecule has 6 heteroatoms. The van der Waals surface area contributed by atoms with E-state index < -0.39 is 10.0 Å².